The maximum Gasteiger partial charge on any atom is 0.246 e. The van der Waals surface area contributed by atoms with Crippen LogP contribution in [0.5, 0.6) is 0 Å². The van der Waals surface area contributed by atoms with Crippen LogP contribution in [0.1, 0.15) is 16.7 Å². The lowest BCUT2D eigenvalue weighted by Gasteiger charge is -2.27. The van der Waals surface area contributed by atoms with E-state index in [-0.39, 0.29) is 18.1 Å². The molecular formula is C20H23NO3. The van der Waals surface area contributed by atoms with E-state index < -0.39 is 0 Å². The third-order valence-electron chi connectivity index (χ3n) is 4.53. The molecule has 1 N–H and O–H groups in total. The van der Waals surface area contributed by atoms with Crippen molar-refractivity contribution in [2.24, 2.45) is 0 Å². The second-order valence-electron chi connectivity index (χ2n) is 6.26. The van der Waals surface area contributed by atoms with Crippen LogP contribution in [0.3, 0.4) is 0 Å². The Labute approximate surface area is 142 Å². The quantitative estimate of drug-likeness (QED) is 0.851. The molecule has 0 unspecified atom stereocenters. The topological polar surface area (TPSA) is 47.6 Å². The molecule has 1 aliphatic rings. The average molecular weight is 325 g/mol. The third-order valence-corrected chi connectivity index (χ3v) is 4.53. The molecule has 0 radical (unpaired) electrons. The maximum atomic E-state index is 12.0. The van der Waals surface area contributed by atoms with Crippen molar-refractivity contribution in [2.45, 2.75) is 25.0 Å². The zero-order valence-electron chi connectivity index (χ0n) is 14.0. The molecule has 0 atom stereocenters. The summed E-state index contributed by atoms with van der Waals surface area (Å²) in [6, 6.07) is 18.2. The molecule has 3 rings (SSSR count). The third kappa shape index (κ3) is 4.02. The molecule has 24 heavy (non-hydrogen) atoms. The fourth-order valence-electron chi connectivity index (χ4n) is 3.15. The van der Waals surface area contributed by atoms with Gasteiger partial charge in [0.15, 0.2) is 0 Å². The number of carbonyl (C=O) groups is 1. The molecule has 2 aromatic rings. The van der Waals surface area contributed by atoms with Crippen molar-refractivity contribution in [1.82, 2.24) is 5.32 Å². The number of benzene rings is 2. The van der Waals surface area contributed by atoms with Crippen LogP contribution in [0.4, 0.5) is 0 Å². The zero-order valence-corrected chi connectivity index (χ0v) is 14.0. The summed E-state index contributed by atoms with van der Waals surface area (Å²) in [5.74, 6) is -0.113. The number of fused-ring (bicyclic) bond motifs is 1. The van der Waals surface area contributed by atoms with Gasteiger partial charge in [-0.1, -0.05) is 54.6 Å². The highest BCUT2D eigenvalue weighted by Gasteiger charge is 2.37. The first-order valence-corrected chi connectivity index (χ1v) is 8.21. The summed E-state index contributed by atoms with van der Waals surface area (Å²) in [6.45, 7) is 0.989. The van der Waals surface area contributed by atoms with Crippen molar-refractivity contribution >= 4 is 5.91 Å². The van der Waals surface area contributed by atoms with Gasteiger partial charge in [-0.15, -0.1) is 0 Å². The minimum Gasteiger partial charge on any atom is -0.376 e. The summed E-state index contributed by atoms with van der Waals surface area (Å²) in [7, 11) is 1.71. The molecule has 0 saturated carbocycles. The molecule has 0 aliphatic heterocycles. The van der Waals surface area contributed by atoms with E-state index in [0.717, 1.165) is 18.4 Å². The SMILES string of the molecule is COC1(CNC(=O)COCc2ccccc2)Cc2ccccc2C1. The van der Waals surface area contributed by atoms with Crippen LogP contribution in [-0.2, 0) is 33.7 Å². The first-order chi connectivity index (χ1) is 11.7. The van der Waals surface area contributed by atoms with Crippen LogP contribution >= 0.6 is 0 Å². The van der Waals surface area contributed by atoms with Crippen molar-refractivity contribution < 1.29 is 14.3 Å². The Bertz CT molecular complexity index is 659. The van der Waals surface area contributed by atoms with Gasteiger partial charge < -0.3 is 14.8 Å². The van der Waals surface area contributed by atoms with E-state index in [2.05, 4.69) is 17.4 Å². The Morgan fingerprint density at radius 3 is 2.29 bits per heavy atom. The number of rotatable bonds is 7. The Balaban J connectivity index is 1.45. The molecule has 4 heteroatoms. The highest BCUT2D eigenvalue weighted by molar-refractivity contribution is 5.77. The van der Waals surface area contributed by atoms with Crippen LogP contribution in [0.25, 0.3) is 0 Å². The van der Waals surface area contributed by atoms with Gasteiger partial charge in [0.05, 0.1) is 12.2 Å². The zero-order chi connectivity index (χ0) is 16.8. The van der Waals surface area contributed by atoms with Crippen molar-refractivity contribution in [3.8, 4) is 0 Å². The van der Waals surface area contributed by atoms with E-state index in [1.54, 1.807) is 7.11 Å². The highest BCUT2D eigenvalue weighted by Crippen LogP contribution is 2.31. The van der Waals surface area contributed by atoms with Crippen LogP contribution in [0.15, 0.2) is 54.6 Å². The number of hydrogen-bond acceptors (Lipinski definition) is 3. The van der Waals surface area contributed by atoms with Gasteiger partial charge in [0, 0.05) is 26.5 Å². The molecule has 4 nitrogen and oxygen atoms in total. The number of amides is 1. The summed E-state index contributed by atoms with van der Waals surface area (Å²) in [5.41, 5.74) is 3.31. The molecule has 2 aromatic carbocycles. The van der Waals surface area contributed by atoms with Crippen molar-refractivity contribution in [3.05, 3.63) is 71.3 Å². The van der Waals surface area contributed by atoms with Crippen molar-refractivity contribution in [3.63, 3.8) is 0 Å². The number of ether oxygens (including phenoxy) is 2. The van der Waals surface area contributed by atoms with Gasteiger partial charge in [-0.25, -0.2) is 0 Å². The monoisotopic (exact) mass is 325 g/mol. The van der Waals surface area contributed by atoms with Crippen LogP contribution < -0.4 is 5.32 Å². The molecule has 0 aromatic heterocycles. The lowest BCUT2D eigenvalue weighted by Crippen LogP contribution is -2.46. The normalized spacial score (nSPS) is 15.0. The van der Waals surface area contributed by atoms with E-state index in [1.807, 2.05) is 42.5 Å². The molecule has 0 spiro atoms. The van der Waals surface area contributed by atoms with Crippen LogP contribution in [-0.4, -0.2) is 31.8 Å². The van der Waals surface area contributed by atoms with Crippen molar-refractivity contribution in [2.75, 3.05) is 20.3 Å². The fourth-order valence-corrected chi connectivity index (χ4v) is 3.15. The van der Waals surface area contributed by atoms with Crippen LogP contribution in [0, 0.1) is 0 Å². The van der Waals surface area contributed by atoms with Gasteiger partial charge in [0.25, 0.3) is 0 Å². The second-order valence-corrected chi connectivity index (χ2v) is 6.26. The Hall–Kier alpha value is -2.17. The van der Waals surface area contributed by atoms with E-state index in [1.165, 1.54) is 11.1 Å². The summed E-state index contributed by atoms with van der Waals surface area (Å²) in [5, 5.41) is 2.95. The second kappa shape index (κ2) is 7.60. The molecule has 0 saturated heterocycles. The molecule has 0 fully saturated rings. The summed E-state index contributed by atoms with van der Waals surface area (Å²) >= 11 is 0. The van der Waals surface area contributed by atoms with Gasteiger partial charge in [-0.05, 0) is 16.7 Å². The predicted molar refractivity (Wildman–Crippen MR) is 92.7 cm³/mol. The maximum absolute atomic E-state index is 12.0. The lowest BCUT2D eigenvalue weighted by molar-refractivity contribution is -0.127. The minimum atomic E-state index is -0.348. The Morgan fingerprint density at radius 2 is 1.67 bits per heavy atom. The van der Waals surface area contributed by atoms with E-state index in [0.29, 0.717) is 13.2 Å². The molecule has 126 valence electrons. The molecule has 0 bridgehead atoms. The first-order valence-electron chi connectivity index (χ1n) is 8.21. The smallest absolute Gasteiger partial charge is 0.246 e. The summed E-state index contributed by atoms with van der Waals surface area (Å²) < 4.78 is 11.2. The minimum absolute atomic E-state index is 0.0572. The van der Waals surface area contributed by atoms with E-state index >= 15 is 0 Å². The lowest BCUT2D eigenvalue weighted by atomic mass is 10.00. The summed E-state index contributed by atoms with van der Waals surface area (Å²) in [4.78, 5) is 12.0. The first kappa shape index (κ1) is 16.7. The van der Waals surface area contributed by atoms with E-state index in [9.17, 15) is 4.79 Å². The Kier molecular flexibility index (Phi) is 5.28. The summed E-state index contributed by atoms with van der Waals surface area (Å²) in [6.07, 6.45) is 1.65. The molecule has 1 amide bonds. The van der Waals surface area contributed by atoms with Gasteiger partial charge >= 0.3 is 0 Å². The van der Waals surface area contributed by atoms with Gasteiger partial charge in [0.1, 0.15) is 6.61 Å². The largest absolute Gasteiger partial charge is 0.376 e. The molecule has 1 aliphatic carbocycles. The average Bonchev–Trinajstić information content (AvgIpc) is 3.00. The van der Waals surface area contributed by atoms with Crippen molar-refractivity contribution in [1.29, 1.82) is 0 Å². The van der Waals surface area contributed by atoms with Gasteiger partial charge in [0.2, 0.25) is 5.91 Å². The fraction of sp³-hybridized carbons (Fsp3) is 0.350. The van der Waals surface area contributed by atoms with Crippen LogP contribution in [0.2, 0.25) is 0 Å². The van der Waals surface area contributed by atoms with Gasteiger partial charge in [-0.3, -0.25) is 4.79 Å². The molecular weight excluding hydrogens is 302 g/mol. The number of nitrogens with one attached hydrogen (secondary N) is 1. The highest BCUT2D eigenvalue weighted by atomic mass is 16.5. The standard InChI is InChI=1S/C20H23NO3/c1-23-20(11-17-9-5-6-10-18(17)12-20)15-21-19(22)14-24-13-16-7-3-2-4-8-16/h2-10H,11-15H2,1H3,(H,21,22). The van der Waals surface area contributed by atoms with Gasteiger partial charge in [-0.2, -0.15) is 0 Å². The number of hydrogen-bond donors (Lipinski definition) is 1. The predicted octanol–water partition coefficient (Wildman–Crippen LogP) is 2.50. The Morgan fingerprint density at radius 1 is 1.04 bits per heavy atom. The number of carbonyl (C=O) groups excluding carboxylic acids is 1. The van der Waals surface area contributed by atoms with E-state index in [4.69, 9.17) is 9.47 Å². The number of methoxy groups -OCH3 is 1. The molecule has 0 heterocycles.